The topological polar surface area (TPSA) is 54.0 Å². The molecule has 0 aliphatic heterocycles. The van der Waals surface area contributed by atoms with Crippen LogP contribution in [0.25, 0.3) is 0 Å². The van der Waals surface area contributed by atoms with Gasteiger partial charge in [-0.25, -0.2) is 0 Å². The van der Waals surface area contributed by atoms with Crippen LogP contribution in [0, 0.1) is 0 Å². The molecule has 9 heteroatoms. The van der Waals surface area contributed by atoms with Crippen molar-refractivity contribution in [3.63, 3.8) is 0 Å². The first-order valence-electron chi connectivity index (χ1n) is 7.15. The molecule has 0 unspecified atom stereocenters. The predicted molar refractivity (Wildman–Crippen MR) is 82.7 cm³/mol. The van der Waals surface area contributed by atoms with Gasteiger partial charge in [-0.15, -0.1) is 0 Å². The average molecular weight is 374 g/mol. The van der Waals surface area contributed by atoms with E-state index < -0.39 is 30.5 Å². The lowest BCUT2D eigenvalue weighted by Gasteiger charge is -2.13. The molecule has 140 valence electrons. The number of ether oxygens (including phenoxy) is 4. The highest BCUT2D eigenvalue weighted by Crippen LogP contribution is 2.32. The Labute approximate surface area is 146 Å². The lowest BCUT2D eigenvalue weighted by atomic mass is 10.0. The summed E-state index contributed by atoms with van der Waals surface area (Å²) >= 11 is 0. The Morgan fingerprint density at radius 2 is 1.31 bits per heavy atom. The third kappa shape index (κ3) is 4.78. The number of alkyl halides is 4. The van der Waals surface area contributed by atoms with Gasteiger partial charge in [0.2, 0.25) is 0 Å². The van der Waals surface area contributed by atoms with Crippen LogP contribution in [0.3, 0.4) is 0 Å². The smallest absolute Gasteiger partial charge is 0.387 e. The fraction of sp³-hybridized carbons (Fsp3) is 0.235. The van der Waals surface area contributed by atoms with Crippen molar-refractivity contribution in [1.29, 1.82) is 0 Å². The summed E-state index contributed by atoms with van der Waals surface area (Å²) in [7, 11) is 2.79. The van der Waals surface area contributed by atoms with Gasteiger partial charge in [0.05, 0.1) is 14.2 Å². The molecule has 0 heterocycles. The first-order chi connectivity index (χ1) is 12.3. The second-order valence-electron chi connectivity index (χ2n) is 4.85. The second-order valence-corrected chi connectivity index (χ2v) is 4.85. The van der Waals surface area contributed by atoms with Crippen LogP contribution in [0.4, 0.5) is 17.6 Å². The molecule has 2 rings (SSSR count). The molecule has 0 atom stereocenters. The number of halogens is 4. The molecule has 0 saturated carbocycles. The van der Waals surface area contributed by atoms with Crippen LogP contribution in [0.1, 0.15) is 15.9 Å². The van der Waals surface area contributed by atoms with Crippen molar-refractivity contribution in [2.45, 2.75) is 13.2 Å². The van der Waals surface area contributed by atoms with Crippen LogP contribution in [0.2, 0.25) is 0 Å². The van der Waals surface area contributed by atoms with Crippen molar-refractivity contribution in [1.82, 2.24) is 0 Å². The molecule has 0 aromatic heterocycles. The van der Waals surface area contributed by atoms with Crippen LogP contribution in [-0.2, 0) is 0 Å². The van der Waals surface area contributed by atoms with Gasteiger partial charge in [-0.3, -0.25) is 4.79 Å². The van der Waals surface area contributed by atoms with Crippen molar-refractivity contribution in [3.8, 4) is 23.0 Å². The van der Waals surface area contributed by atoms with Crippen LogP contribution in [0.5, 0.6) is 23.0 Å². The van der Waals surface area contributed by atoms with Crippen molar-refractivity contribution in [3.05, 3.63) is 47.5 Å². The molecule has 0 bridgehead atoms. The predicted octanol–water partition coefficient (Wildman–Crippen LogP) is 4.14. The van der Waals surface area contributed by atoms with Gasteiger partial charge in [0.1, 0.15) is 11.5 Å². The third-order valence-corrected chi connectivity index (χ3v) is 3.25. The summed E-state index contributed by atoms with van der Waals surface area (Å²) in [4.78, 5) is 12.6. The Kier molecular flexibility index (Phi) is 6.26. The SMILES string of the molecule is COc1cc(OC)cc(C(=O)c2ccc(OC(F)F)c(OC(F)F)c2)c1. The van der Waals surface area contributed by atoms with Crippen LogP contribution in [-0.4, -0.2) is 33.2 Å². The molecule has 0 saturated heterocycles. The molecule has 2 aromatic carbocycles. The van der Waals surface area contributed by atoms with E-state index in [-0.39, 0.29) is 11.1 Å². The summed E-state index contributed by atoms with van der Waals surface area (Å²) in [5, 5.41) is 0. The van der Waals surface area contributed by atoms with Gasteiger partial charge in [-0.2, -0.15) is 17.6 Å². The summed E-state index contributed by atoms with van der Waals surface area (Å²) in [5.41, 5.74) is 0.0734. The van der Waals surface area contributed by atoms with Crippen LogP contribution < -0.4 is 18.9 Å². The van der Waals surface area contributed by atoms with Gasteiger partial charge >= 0.3 is 13.2 Å². The molecule has 5 nitrogen and oxygen atoms in total. The van der Waals surface area contributed by atoms with Gasteiger partial charge in [-0.1, -0.05) is 0 Å². The summed E-state index contributed by atoms with van der Waals surface area (Å²) in [6.45, 7) is -6.52. The van der Waals surface area contributed by atoms with E-state index in [9.17, 15) is 22.4 Å². The van der Waals surface area contributed by atoms with E-state index >= 15 is 0 Å². The zero-order valence-corrected chi connectivity index (χ0v) is 13.7. The Balaban J connectivity index is 2.42. The van der Waals surface area contributed by atoms with Gasteiger partial charge in [0, 0.05) is 17.2 Å². The maximum atomic E-state index is 12.6. The van der Waals surface area contributed by atoms with Gasteiger partial charge in [0.25, 0.3) is 0 Å². The number of benzene rings is 2. The Morgan fingerprint density at radius 3 is 1.81 bits per heavy atom. The fourth-order valence-corrected chi connectivity index (χ4v) is 2.14. The molecule has 0 radical (unpaired) electrons. The molecule has 0 spiro atoms. The van der Waals surface area contributed by atoms with Crippen LogP contribution >= 0.6 is 0 Å². The monoisotopic (exact) mass is 374 g/mol. The number of rotatable bonds is 8. The minimum absolute atomic E-state index is 0.0717. The normalized spacial score (nSPS) is 10.8. The molecule has 0 fully saturated rings. The highest BCUT2D eigenvalue weighted by Gasteiger charge is 2.19. The van der Waals surface area contributed by atoms with Gasteiger partial charge in [-0.05, 0) is 30.3 Å². The number of ketones is 1. The quantitative estimate of drug-likeness (QED) is 0.514. The average Bonchev–Trinajstić information content (AvgIpc) is 2.61. The van der Waals surface area contributed by atoms with E-state index in [1.54, 1.807) is 6.07 Å². The van der Waals surface area contributed by atoms with E-state index in [0.29, 0.717) is 11.5 Å². The number of carbonyl (C=O) groups excluding carboxylic acids is 1. The highest BCUT2D eigenvalue weighted by atomic mass is 19.3. The van der Waals surface area contributed by atoms with E-state index in [1.165, 1.54) is 26.4 Å². The van der Waals surface area contributed by atoms with Gasteiger partial charge < -0.3 is 18.9 Å². The number of methoxy groups -OCH3 is 2. The fourth-order valence-electron chi connectivity index (χ4n) is 2.14. The minimum Gasteiger partial charge on any atom is -0.497 e. The third-order valence-electron chi connectivity index (χ3n) is 3.25. The standard InChI is InChI=1S/C17H14F4O5/c1-23-11-5-10(6-12(8-11)24-2)15(22)9-3-4-13(25-16(18)19)14(7-9)26-17(20)21/h3-8,16-17H,1-2H3. The van der Waals surface area contributed by atoms with E-state index in [4.69, 9.17) is 9.47 Å². The molecular weight excluding hydrogens is 360 g/mol. The Morgan fingerprint density at radius 1 is 0.769 bits per heavy atom. The van der Waals surface area contributed by atoms with Crippen molar-refractivity contribution < 1.29 is 41.3 Å². The molecule has 2 aromatic rings. The summed E-state index contributed by atoms with van der Waals surface area (Å²) < 4.78 is 68.2. The largest absolute Gasteiger partial charge is 0.497 e. The molecule has 0 N–H and O–H groups in total. The summed E-state index contributed by atoms with van der Waals surface area (Å²) in [6.07, 6.45) is 0. The molecule has 26 heavy (non-hydrogen) atoms. The van der Waals surface area contributed by atoms with Crippen molar-refractivity contribution in [2.24, 2.45) is 0 Å². The summed E-state index contributed by atoms with van der Waals surface area (Å²) in [6, 6.07) is 7.39. The first-order valence-corrected chi connectivity index (χ1v) is 7.15. The summed E-state index contributed by atoms with van der Waals surface area (Å²) in [5.74, 6) is -1.19. The number of carbonyl (C=O) groups is 1. The Bertz CT molecular complexity index is 757. The van der Waals surface area contributed by atoms with E-state index in [2.05, 4.69) is 9.47 Å². The maximum Gasteiger partial charge on any atom is 0.387 e. The number of hydrogen-bond donors (Lipinski definition) is 0. The highest BCUT2D eigenvalue weighted by molar-refractivity contribution is 6.09. The van der Waals surface area contributed by atoms with Crippen molar-refractivity contribution >= 4 is 5.78 Å². The molecule has 0 aliphatic rings. The molecular formula is C17H14F4O5. The van der Waals surface area contributed by atoms with Crippen LogP contribution in [0.15, 0.2) is 36.4 Å². The zero-order chi connectivity index (χ0) is 19.3. The lowest BCUT2D eigenvalue weighted by Crippen LogP contribution is -2.09. The lowest BCUT2D eigenvalue weighted by molar-refractivity contribution is -0.0692. The second kappa shape index (κ2) is 8.41. The Hall–Kier alpha value is -2.97. The zero-order valence-electron chi connectivity index (χ0n) is 13.7. The first kappa shape index (κ1) is 19.4. The minimum atomic E-state index is -3.28. The molecule has 0 aliphatic carbocycles. The van der Waals surface area contributed by atoms with Crippen molar-refractivity contribution in [2.75, 3.05) is 14.2 Å². The van der Waals surface area contributed by atoms with E-state index in [0.717, 1.165) is 18.2 Å². The molecule has 0 amide bonds. The maximum absolute atomic E-state index is 12.6. The van der Waals surface area contributed by atoms with Gasteiger partial charge in [0.15, 0.2) is 17.3 Å². The van der Waals surface area contributed by atoms with E-state index in [1.807, 2.05) is 0 Å². The number of hydrogen-bond acceptors (Lipinski definition) is 5.